The smallest absolute Gasteiger partial charge is 0.0992 e. The highest BCUT2D eigenvalue weighted by Crippen LogP contribution is 2.41. The van der Waals surface area contributed by atoms with E-state index in [-0.39, 0.29) is 0 Å². The Morgan fingerprint density at radius 1 is 1.11 bits per heavy atom. The molecule has 1 saturated carbocycles. The predicted octanol–water partition coefficient (Wildman–Crippen LogP) is 4.05. The lowest BCUT2D eigenvalue weighted by atomic mass is 10.0. The maximum absolute atomic E-state index is 8.89. The average Bonchev–Trinajstić information content (AvgIpc) is 3.30. The van der Waals surface area contributed by atoms with Crippen LogP contribution in [0, 0.1) is 11.3 Å². The minimum atomic E-state index is 0.695. The summed E-state index contributed by atoms with van der Waals surface area (Å²) in [7, 11) is 0. The quantitative estimate of drug-likeness (QED) is 0.886. The zero-order valence-electron chi connectivity index (χ0n) is 10.8. The van der Waals surface area contributed by atoms with Gasteiger partial charge in [0.15, 0.2) is 0 Å². The lowest BCUT2D eigenvalue weighted by molar-refractivity contribution is 1.04. The van der Waals surface area contributed by atoms with Crippen LogP contribution in [0.15, 0.2) is 48.5 Å². The van der Waals surface area contributed by atoms with E-state index < -0.39 is 0 Å². The van der Waals surface area contributed by atoms with E-state index in [0.29, 0.717) is 5.56 Å². The number of nitriles is 1. The van der Waals surface area contributed by atoms with Crippen molar-refractivity contribution in [2.75, 3.05) is 5.32 Å². The second kappa shape index (κ2) is 5.16. The van der Waals surface area contributed by atoms with Gasteiger partial charge in [-0.3, -0.25) is 0 Å². The molecule has 2 aromatic rings. The van der Waals surface area contributed by atoms with Crippen LogP contribution in [0.25, 0.3) is 0 Å². The summed E-state index contributed by atoms with van der Waals surface area (Å²) in [5, 5.41) is 12.3. The fourth-order valence-corrected chi connectivity index (χ4v) is 2.38. The van der Waals surface area contributed by atoms with E-state index in [1.54, 1.807) is 0 Å². The molecule has 0 bridgehead atoms. The second-order valence-corrected chi connectivity index (χ2v) is 5.02. The number of hydrogen-bond donors (Lipinski definition) is 1. The van der Waals surface area contributed by atoms with Crippen molar-refractivity contribution >= 4 is 5.69 Å². The second-order valence-electron chi connectivity index (χ2n) is 5.02. The Morgan fingerprint density at radius 3 is 2.74 bits per heavy atom. The molecule has 0 atom stereocenters. The normalized spacial score (nSPS) is 13.8. The molecule has 3 rings (SSSR count). The molecule has 2 nitrogen and oxygen atoms in total. The van der Waals surface area contributed by atoms with Gasteiger partial charge in [0.25, 0.3) is 0 Å². The van der Waals surface area contributed by atoms with Crippen LogP contribution in [0.2, 0.25) is 0 Å². The van der Waals surface area contributed by atoms with Gasteiger partial charge in [0.2, 0.25) is 0 Å². The summed E-state index contributed by atoms with van der Waals surface area (Å²) in [6, 6.07) is 18.4. The minimum Gasteiger partial charge on any atom is -0.381 e. The molecule has 0 aliphatic heterocycles. The summed E-state index contributed by atoms with van der Waals surface area (Å²) >= 11 is 0. The first-order valence-electron chi connectivity index (χ1n) is 6.68. The average molecular weight is 248 g/mol. The maximum Gasteiger partial charge on any atom is 0.0992 e. The molecule has 0 spiro atoms. The van der Waals surface area contributed by atoms with E-state index in [1.165, 1.54) is 24.0 Å². The summed E-state index contributed by atoms with van der Waals surface area (Å²) in [6.07, 6.45) is 2.64. The summed E-state index contributed by atoms with van der Waals surface area (Å²) in [4.78, 5) is 0. The molecule has 0 unspecified atom stereocenters. The summed E-state index contributed by atoms with van der Waals surface area (Å²) in [5.41, 5.74) is 4.55. The Bertz CT molecular complexity index is 621. The Morgan fingerprint density at radius 2 is 1.95 bits per heavy atom. The van der Waals surface area contributed by atoms with Crippen molar-refractivity contribution < 1.29 is 0 Å². The highest BCUT2D eigenvalue weighted by Gasteiger charge is 2.25. The Kier molecular flexibility index (Phi) is 3.20. The SMILES string of the molecule is N#Cc1cccc(NCc2ccccc2C2CC2)c1. The van der Waals surface area contributed by atoms with Gasteiger partial charge < -0.3 is 5.32 Å². The Hall–Kier alpha value is -2.27. The molecule has 0 radical (unpaired) electrons. The largest absolute Gasteiger partial charge is 0.381 e. The van der Waals surface area contributed by atoms with Gasteiger partial charge in [0, 0.05) is 12.2 Å². The molecule has 94 valence electrons. The Balaban J connectivity index is 1.74. The molecule has 0 heterocycles. The predicted molar refractivity (Wildman–Crippen MR) is 76.9 cm³/mol. The summed E-state index contributed by atoms with van der Waals surface area (Å²) in [5.74, 6) is 0.767. The first-order chi connectivity index (χ1) is 9.36. The third kappa shape index (κ3) is 2.77. The molecule has 0 amide bonds. The molecular weight excluding hydrogens is 232 g/mol. The number of rotatable bonds is 4. The van der Waals surface area contributed by atoms with Gasteiger partial charge in [0.05, 0.1) is 11.6 Å². The molecule has 19 heavy (non-hydrogen) atoms. The molecule has 1 fully saturated rings. The number of benzene rings is 2. The third-order valence-corrected chi connectivity index (χ3v) is 3.55. The number of anilines is 1. The van der Waals surface area contributed by atoms with Crippen molar-refractivity contribution in [1.29, 1.82) is 5.26 Å². The first-order valence-corrected chi connectivity index (χ1v) is 6.68. The molecule has 2 heteroatoms. The van der Waals surface area contributed by atoms with Gasteiger partial charge in [-0.05, 0) is 48.1 Å². The molecule has 1 aliphatic carbocycles. The van der Waals surface area contributed by atoms with Crippen LogP contribution in [0.1, 0.15) is 35.4 Å². The molecular formula is C17H16N2. The fraction of sp³-hybridized carbons (Fsp3) is 0.235. The highest BCUT2D eigenvalue weighted by atomic mass is 14.9. The highest BCUT2D eigenvalue weighted by molar-refractivity contribution is 5.50. The van der Waals surface area contributed by atoms with Crippen molar-refractivity contribution in [3.8, 4) is 6.07 Å². The Labute approximate surface area is 113 Å². The molecule has 0 saturated heterocycles. The van der Waals surface area contributed by atoms with Gasteiger partial charge in [0.1, 0.15) is 0 Å². The van der Waals surface area contributed by atoms with E-state index in [2.05, 4.69) is 35.7 Å². The van der Waals surface area contributed by atoms with Gasteiger partial charge in [-0.25, -0.2) is 0 Å². The first kappa shape index (κ1) is 11.8. The van der Waals surface area contributed by atoms with Crippen molar-refractivity contribution in [2.24, 2.45) is 0 Å². The van der Waals surface area contributed by atoms with Crippen molar-refractivity contribution in [3.63, 3.8) is 0 Å². The summed E-state index contributed by atoms with van der Waals surface area (Å²) < 4.78 is 0. The van der Waals surface area contributed by atoms with E-state index in [0.717, 1.165) is 18.2 Å². The topological polar surface area (TPSA) is 35.8 Å². The number of hydrogen-bond acceptors (Lipinski definition) is 2. The number of nitrogens with one attached hydrogen (secondary N) is 1. The zero-order chi connectivity index (χ0) is 13.1. The number of nitrogens with zero attached hydrogens (tertiary/aromatic N) is 1. The third-order valence-electron chi connectivity index (χ3n) is 3.55. The van der Waals surface area contributed by atoms with Crippen LogP contribution in [-0.2, 0) is 6.54 Å². The van der Waals surface area contributed by atoms with Crippen molar-refractivity contribution in [3.05, 3.63) is 65.2 Å². The van der Waals surface area contributed by atoms with Crippen LogP contribution in [0.4, 0.5) is 5.69 Å². The summed E-state index contributed by atoms with van der Waals surface area (Å²) in [6.45, 7) is 0.821. The standard InChI is InChI=1S/C17H16N2/c18-11-13-4-3-6-16(10-13)19-12-15-5-1-2-7-17(15)14-8-9-14/h1-7,10,14,19H,8-9,12H2. The van der Waals surface area contributed by atoms with Gasteiger partial charge in [-0.2, -0.15) is 5.26 Å². The van der Waals surface area contributed by atoms with E-state index >= 15 is 0 Å². The lowest BCUT2D eigenvalue weighted by Gasteiger charge is -2.11. The van der Waals surface area contributed by atoms with Crippen molar-refractivity contribution in [2.45, 2.75) is 25.3 Å². The van der Waals surface area contributed by atoms with Crippen LogP contribution in [0.5, 0.6) is 0 Å². The zero-order valence-corrected chi connectivity index (χ0v) is 10.8. The van der Waals surface area contributed by atoms with Gasteiger partial charge in [-0.1, -0.05) is 30.3 Å². The van der Waals surface area contributed by atoms with Crippen LogP contribution in [-0.4, -0.2) is 0 Å². The van der Waals surface area contributed by atoms with E-state index in [9.17, 15) is 0 Å². The van der Waals surface area contributed by atoms with Gasteiger partial charge >= 0.3 is 0 Å². The van der Waals surface area contributed by atoms with Crippen LogP contribution < -0.4 is 5.32 Å². The molecule has 1 N–H and O–H groups in total. The maximum atomic E-state index is 8.89. The monoisotopic (exact) mass is 248 g/mol. The van der Waals surface area contributed by atoms with E-state index in [4.69, 9.17) is 5.26 Å². The van der Waals surface area contributed by atoms with Crippen LogP contribution >= 0.6 is 0 Å². The molecule has 2 aromatic carbocycles. The minimum absolute atomic E-state index is 0.695. The molecule has 0 aromatic heterocycles. The lowest BCUT2D eigenvalue weighted by Crippen LogP contribution is -2.02. The van der Waals surface area contributed by atoms with Crippen molar-refractivity contribution in [1.82, 2.24) is 0 Å². The van der Waals surface area contributed by atoms with Gasteiger partial charge in [-0.15, -0.1) is 0 Å². The fourth-order valence-electron chi connectivity index (χ4n) is 2.38. The molecule has 1 aliphatic rings. The van der Waals surface area contributed by atoms with Crippen LogP contribution in [0.3, 0.4) is 0 Å². The van der Waals surface area contributed by atoms with E-state index in [1.807, 2.05) is 24.3 Å².